The Morgan fingerprint density at radius 3 is 3.14 bits per heavy atom. The van der Waals surface area contributed by atoms with Crippen LogP contribution < -0.4 is 0 Å². The Morgan fingerprint density at radius 2 is 2.21 bits per heavy atom. The lowest BCUT2D eigenvalue weighted by Crippen LogP contribution is -2.04. The van der Waals surface area contributed by atoms with Crippen LogP contribution in [-0.4, -0.2) is 10.2 Å². The first-order valence-corrected chi connectivity index (χ1v) is 4.61. The molecule has 1 aromatic heterocycles. The highest BCUT2D eigenvalue weighted by molar-refractivity contribution is 5.83. The van der Waals surface area contributed by atoms with E-state index in [9.17, 15) is 0 Å². The van der Waals surface area contributed by atoms with Gasteiger partial charge in [0.15, 0.2) is 1.41 Å². The van der Waals surface area contributed by atoms with Crippen LogP contribution in [0.15, 0.2) is 37.0 Å². The van der Waals surface area contributed by atoms with Crippen molar-refractivity contribution in [2.75, 3.05) is 0 Å². The molecular weight excluding hydrogens is 172 g/mol. The first-order chi connectivity index (χ1) is 7.27. The fraction of sp³-hybridized carbons (Fsp3) is 0.0833. The Bertz CT molecular complexity index is 554. The van der Waals surface area contributed by atoms with E-state index in [4.69, 9.17) is 1.41 Å². The summed E-state index contributed by atoms with van der Waals surface area (Å²) < 4.78 is 7.62. The third-order valence-electron chi connectivity index (χ3n) is 2.70. The number of benzene rings is 1. The van der Waals surface area contributed by atoms with E-state index in [0.717, 1.165) is 23.3 Å². The van der Waals surface area contributed by atoms with Crippen molar-refractivity contribution in [1.82, 2.24) is 10.2 Å². The van der Waals surface area contributed by atoms with Gasteiger partial charge in [-0.05, 0) is 16.7 Å². The van der Waals surface area contributed by atoms with Gasteiger partial charge in [0.25, 0.3) is 0 Å². The van der Waals surface area contributed by atoms with Crippen LogP contribution in [0, 0.1) is 0 Å². The van der Waals surface area contributed by atoms with Gasteiger partial charge in [0.05, 0.1) is 6.20 Å². The number of hydrogen-bond acceptors (Lipinski definition) is 1. The fourth-order valence-electron chi connectivity index (χ4n) is 1.96. The van der Waals surface area contributed by atoms with Gasteiger partial charge >= 0.3 is 0 Å². The molecule has 0 fully saturated rings. The SMILES string of the molecule is [2H]n1ncc2c1Cc1ccccc1C2=C. The summed E-state index contributed by atoms with van der Waals surface area (Å²) in [5, 5.41) is 5.15. The number of nitrogens with one attached hydrogen (secondary N) is 1. The predicted molar refractivity (Wildman–Crippen MR) is 56.0 cm³/mol. The Balaban J connectivity index is 2.26. The Kier molecular flexibility index (Phi) is 1.21. The van der Waals surface area contributed by atoms with Crippen molar-refractivity contribution in [1.29, 1.82) is 0 Å². The Morgan fingerprint density at radius 1 is 1.36 bits per heavy atom. The fourth-order valence-corrected chi connectivity index (χ4v) is 1.96. The minimum absolute atomic E-state index is 0.772. The number of H-pyrrole nitrogens is 1. The number of rotatable bonds is 0. The molecule has 0 saturated carbocycles. The highest BCUT2D eigenvalue weighted by atomic mass is 15.1. The van der Waals surface area contributed by atoms with Gasteiger partial charge in [-0.1, -0.05) is 30.8 Å². The molecule has 14 heavy (non-hydrogen) atoms. The molecule has 1 heterocycles. The standard InChI is InChI=1S/C12H10N2/c1-8-10-5-3-2-4-9(10)6-12-11(8)7-13-14-12/h2-5,7H,1,6H2,(H,13,14)/i/hD. The van der Waals surface area contributed by atoms with Crippen molar-refractivity contribution < 1.29 is 1.41 Å². The van der Waals surface area contributed by atoms with E-state index in [1.165, 1.54) is 16.2 Å². The van der Waals surface area contributed by atoms with Crippen LogP contribution in [0.2, 0.25) is 1.41 Å². The van der Waals surface area contributed by atoms with Gasteiger partial charge in [0.1, 0.15) is 0 Å². The molecule has 0 radical (unpaired) electrons. The van der Waals surface area contributed by atoms with Crippen LogP contribution >= 0.6 is 0 Å². The summed E-state index contributed by atoms with van der Waals surface area (Å²) in [5.74, 6) is 0. The van der Waals surface area contributed by atoms with E-state index in [1.54, 1.807) is 6.20 Å². The summed E-state index contributed by atoms with van der Waals surface area (Å²) in [5.41, 5.74) is 5.31. The zero-order chi connectivity index (χ0) is 10.4. The molecule has 68 valence electrons. The lowest BCUT2D eigenvalue weighted by molar-refractivity contribution is 0.986. The summed E-state index contributed by atoms with van der Waals surface area (Å²) in [6.45, 7) is 4.07. The molecule has 0 atom stereocenters. The first-order valence-electron chi connectivity index (χ1n) is 5.06. The average Bonchev–Trinajstić information content (AvgIpc) is 2.62. The molecule has 0 unspecified atom stereocenters. The molecule has 0 amide bonds. The molecule has 0 saturated heterocycles. The summed E-state index contributed by atoms with van der Waals surface area (Å²) in [4.78, 5) is 0. The zero-order valence-electron chi connectivity index (χ0n) is 8.70. The van der Waals surface area contributed by atoms with E-state index in [0.29, 0.717) is 0 Å². The van der Waals surface area contributed by atoms with Crippen molar-refractivity contribution in [3.05, 3.63) is 59.4 Å². The second-order valence-electron chi connectivity index (χ2n) is 3.52. The van der Waals surface area contributed by atoms with Crippen LogP contribution in [-0.2, 0) is 6.42 Å². The first kappa shape index (κ1) is 6.60. The van der Waals surface area contributed by atoms with E-state index in [1.807, 2.05) is 12.1 Å². The highest BCUT2D eigenvalue weighted by Crippen LogP contribution is 2.32. The van der Waals surface area contributed by atoms with E-state index in [2.05, 4.69) is 23.8 Å². The lowest BCUT2D eigenvalue weighted by atomic mass is 9.87. The normalized spacial score (nSPS) is 14.6. The minimum atomic E-state index is 0.772. The average molecular weight is 183 g/mol. The molecule has 1 aliphatic carbocycles. The van der Waals surface area contributed by atoms with Crippen molar-refractivity contribution in [2.24, 2.45) is 0 Å². The Labute approximate surface area is 83.7 Å². The summed E-state index contributed by atoms with van der Waals surface area (Å²) in [6.07, 6.45) is 2.49. The topological polar surface area (TPSA) is 28.7 Å². The van der Waals surface area contributed by atoms with Crippen molar-refractivity contribution in [3.8, 4) is 0 Å². The van der Waals surface area contributed by atoms with Gasteiger partial charge in [0.2, 0.25) is 0 Å². The summed E-state index contributed by atoms with van der Waals surface area (Å²) in [7, 11) is 0. The maximum Gasteiger partial charge on any atom is 0.190 e. The molecule has 1 aromatic carbocycles. The molecule has 0 bridgehead atoms. The van der Waals surface area contributed by atoms with Crippen LogP contribution in [0.5, 0.6) is 0 Å². The number of nitrogens with zero attached hydrogens (tertiary/aromatic N) is 1. The smallest absolute Gasteiger partial charge is 0.190 e. The van der Waals surface area contributed by atoms with Crippen molar-refractivity contribution >= 4 is 5.57 Å². The third kappa shape index (κ3) is 0.880. The van der Waals surface area contributed by atoms with Gasteiger partial charge in [-0.25, -0.2) is 0 Å². The highest BCUT2D eigenvalue weighted by Gasteiger charge is 2.19. The predicted octanol–water partition coefficient (Wildman–Crippen LogP) is 2.38. The maximum absolute atomic E-state index is 7.62. The summed E-state index contributed by atoms with van der Waals surface area (Å²) >= 11 is 0. The second kappa shape index (κ2) is 2.58. The molecule has 1 N–H and O–H groups in total. The van der Waals surface area contributed by atoms with Gasteiger partial charge in [-0.15, -0.1) is 0 Å². The van der Waals surface area contributed by atoms with Crippen LogP contribution in [0.25, 0.3) is 5.57 Å². The maximum atomic E-state index is 7.62. The Hall–Kier alpha value is -1.83. The molecule has 0 spiro atoms. The molecule has 1 aliphatic rings. The second-order valence-corrected chi connectivity index (χ2v) is 3.52. The van der Waals surface area contributed by atoms with Gasteiger partial charge in [0, 0.05) is 17.7 Å². The van der Waals surface area contributed by atoms with E-state index in [-0.39, 0.29) is 0 Å². The summed E-state index contributed by atoms with van der Waals surface area (Å²) in [6, 6.07) is 8.18. The van der Waals surface area contributed by atoms with Crippen LogP contribution in [0.1, 0.15) is 22.4 Å². The molecule has 2 nitrogen and oxygen atoms in total. The largest absolute Gasteiger partial charge is 0.282 e. The minimum Gasteiger partial charge on any atom is -0.282 e. The number of fused-ring (bicyclic) bond motifs is 2. The van der Waals surface area contributed by atoms with Gasteiger partial charge < -0.3 is 0 Å². The number of aromatic nitrogens is 2. The zero-order valence-corrected chi connectivity index (χ0v) is 7.70. The third-order valence-corrected chi connectivity index (χ3v) is 2.70. The molecule has 0 aliphatic heterocycles. The monoisotopic (exact) mass is 183 g/mol. The lowest BCUT2D eigenvalue weighted by Gasteiger charge is -2.17. The van der Waals surface area contributed by atoms with Crippen molar-refractivity contribution in [3.63, 3.8) is 0 Å². The van der Waals surface area contributed by atoms with E-state index < -0.39 is 0 Å². The number of aromatic amines is 1. The number of hydrogen-bond donors (Lipinski definition) is 1. The molecule has 3 rings (SSSR count). The van der Waals surface area contributed by atoms with Crippen molar-refractivity contribution in [2.45, 2.75) is 6.42 Å². The molecule has 2 aromatic rings. The van der Waals surface area contributed by atoms with Crippen LogP contribution in [0.4, 0.5) is 0 Å². The van der Waals surface area contributed by atoms with E-state index >= 15 is 0 Å². The molecular formula is C12H10N2. The van der Waals surface area contributed by atoms with Gasteiger partial charge in [-0.2, -0.15) is 5.10 Å². The quantitative estimate of drug-likeness (QED) is 0.569. The van der Waals surface area contributed by atoms with Crippen LogP contribution in [0.3, 0.4) is 0 Å². The molecule has 2 heteroatoms. The van der Waals surface area contributed by atoms with Gasteiger partial charge in [-0.3, -0.25) is 5.09 Å².